The number of likely N-dealkylation sites (tertiary alicyclic amines) is 1. The predicted octanol–water partition coefficient (Wildman–Crippen LogP) is 4.57. The van der Waals surface area contributed by atoms with Crippen LogP contribution in [0.1, 0.15) is 80.9 Å². The average Bonchev–Trinajstić information content (AvgIpc) is 3.64. The molecule has 1 aromatic carbocycles. The fourth-order valence-corrected chi connectivity index (χ4v) is 5.56. The molecule has 2 atom stereocenters. The van der Waals surface area contributed by atoms with Gasteiger partial charge in [0.1, 0.15) is 17.9 Å². The van der Waals surface area contributed by atoms with Crippen molar-refractivity contribution in [1.82, 2.24) is 15.2 Å². The van der Waals surface area contributed by atoms with Crippen LogP contribution in [-0.2, 0) is 9.59 Å². The van der Waals surface area contributed by atoms with E-state index < -0.39 is 23.8 Å². The van der Waals surface area contributed by atoms with E-state index in [1.807, 2.05) is 6.07 Å². The Morgan fingerprint density at radius 1 is 1.11 bits per heavy atom. The predicted molar refractivity (Wildman–Crippen MR) is 133 cm³/mol. The van der Waals surface area contributed by atoms with Crippen LogP contribution >= 0.6 is 0 Å². The average molecular weight is 490 g/mol. The van der Waals surface area contributed by atoms with E-state index in [0.29, 0.717) is 30.9 Å². The molecule has 1 saturated heterocycles. The topological polar surface area (TPSA) is 89.3 Å². The van der Waals surface area contributed by atoms with Crippen LogP contribution in [0.2, 0.25) is 0 Å². The third-order valence-electron chi connectivity index (χ3n) is 7.64. The molecule has 1 aromatic heterocycles. The number of hydrogen-bond acceptors (Lipinski definition) is 5. The summed E-state index contributed by atoms with van der Waals surface area (Å²) in [7, 11) is 0. The first-order valence-corrected chi connectivity index (χ1v) is 13.1. The molecule has 2 unspecified atom stereocenters. The van der Waals surface area contributed by atoms with E-state index in [4.69, 9.17) is 0 Å². The van der Waals surface area contributed by atoms with Gasteiger partial charge in [0.05, 0.1) is 5.69 Å². The van der Waals surface area contributed by atoms with Crippen LogP contribution in [0.3, 0.4) is 0 Å². The van der Waals surface area contributed by atoms with Crippen molar-refractivity contribution in [1.29, 1.82) is 5.26 Å². The maximum Gasteiger partial charge on any atom is 0.251 e. The Morgan fingerprint density at radius 2 is 1.92 bits per heavy atom. The molecule has 0 radical (unpaired) electrons. The monoisotopic (exact) mass is 489 g/mol. The van der Waals surface area contributed by atoms with Crippen molar-refractivity contribution in [2.45, 2.75) is 81.8 Å². The molecule has 3 fully saturated rings. The lowest BCUT2D eigenvalue weighted by atomic mass is 9.94. The van der Waals surface area contributed by atoms with Crippen LogP contribution < -0.4 is 10.2 Å². The highest BCUT2D eigenvalue weighted by molar-refractivity contribution is 6.04. The van der Waals surface area contributed by atoms with Gasteiger partial charge in [-0.2, -0.15) is 5.26 Å². The molecule has 1 N–H and O–H groups in total. The van der Waals surface area contributed by atoms with E-state index in [1.165, 1.54) is 15.9 Å². The van der Waals surface area contributed by atoms with Crippen molar-refractivity contribution in [2.75, 3.05) is 11.4 Å². The summed E-state index contributed by atoms with van der Waals surface area (Å²) in [6, 6.07) is 6.59. The number of nitriles is 1. The molecule has 5 rings (SSSR count). The van der Waals surface area contributed by atoms with Gasteiger partial charge in [-0.1, -0.05) is 31.4 Å². The highest BCUT2D eigenvalue weighted by Gasteiger charge is 2.41. The molecule has 7 nitrogen and oxygen atoms in total. The quantitative estimate of drug-likeness (QED) is 0.576. The van der Waals surface area contributed by atoms with Gasteiger partial charge in [-0.25, -0.2) is 4.39 Å². The van der Waals surface area contributed by atoms with E-state index in [2.05, 4.69) is 16.5 Å². The number of carbonyl (C=O) groups excluding carboxylic acids is 2. The lowest BCUT2D eigenvalue weighted by Crippen LogP contribution is -2.52. The third kappa shape index (κ3) is 5.06. The van der Waals surface area contributed by atoms with Crippen LogP contribution in [0, 0.1) is 17.3 Å². The minimum atomic E-state index is -1.10. The van der Waals surface area contributed by atoms with Gasteiger partial charge in [0, 0.05) is 30.5 Å². The number of carbonyl (C=O) groups is 2. The van der Waals surface area contributed by atoms with Gasteiger partial charge in [0.15, 0.2) is 6.19 Å². The number of rotatable bonds is 7. The summed E-state index contributed by atoms with van der Waals surface area (Å²) >= 11 is 0. The summed E-state index contributed by atoms with van der Waals surface area (Å²) in [4.78, 5) is 34.8. The Balaban J connectivity index is 1.57. The van der Waals surface area contributed by atoms with Gasteiger partial charge < -0.3 is 5.32 Å². The van der Waals surface area contributed by atoms with Gasteiger partial charge in [-0.15, -0.1) is 0 Å². The Hall–Kier alpha value is -3.47. The molecule has 2 heterocycles. The lowest BCUT2D eigenvalue weighted by Gasteiger charge is -2.35. The first kappa shape index (κ1) is 24.2. The summed E-state index contributed by atoms with van der Waals surface area (Å²) in [5, 5.41) is 12.8. The second-order valence-electron chi connectivity index (χ2n) is 10.2. The number of anilines is 1. The smallest absolute Gasteiger partial charge is 0.251 e. The molecule has 2 amide bonds. The number of pyridine rings is 1. The van der Waals surface area contributed by atoms with E-state index >= 15 is 4.39 Å². The van der Waals surface area contributed by atoms with Gasteiger partial charge in [0.25, 0.3) is 5.91 Å². The summed E-state index contributed by atoms with van der Waals surface area (Å²) in [5.41, 5.74) is 1.47. The molecule has 0 bridgehead atoms. The summed E-state index contributed by atoms with van der Waals surface area (Å²) in [5.74, 6) is -0.978. The largest absolute Gasteiger partial charge is 0.351 e. The van der Waals surface area contributed by atoms with Crippen molar-refractivity contribution in [3.63, 3.8) is 0 Å². The maximum atomic E-state index is 15.7. The summed E-state index contributed by atoms with van der Waals surface area (Å²) in [6.07, 6.45) is 13.5. The highest BCUT2D eigenvalue weighted by atomic mass is 19.1. The highest BCUT2D eigenvalue weighted by Crippen LogP contribution is 2.42. The minimum absolute atomic E-state index is 0.0200. The number of amides is 2. The summed E-state index contributed by atoms with van der Waals surface area (Å²) in [6.45, 7) is 0.468. The molecular weight excluding hydrogens is 457 g/mol. The summed E-state index contributed by atoms with van der Waals surface area (Å²) < 4.78 is 15.7. The minimum Gasteiger partial charge on any atom is -0.351 e. The van der Waals surface area contributed by atoms with E-state index in [9.17, 15) is 14.9 Å². The molecule has 8 heteroatoms. The van der Waals surface area contributed by atoms with Gasteiger partial charge in [0.2, 0.25) is 5.91 Å². The normalized spacial score (nSPS) is 21.0. The molecular formula is C28H32FN5O2. The van der Waals surface area contributed by atoms with E-state index in [-0.39, 0.29) is 17.6 Å². The van der Waals surface area contributed by atoms with Crippen LogP contribution in [-0.4, -0.2) is 40.3 Å². The number of benzene rings is 1. The van der Waals surface area contributed by atoms with Crippen molar-refractivity contribution in [2.24, 2.45) is 0 Å². The fraction of sp³-hybridized carbons (Fsp3) is 0.500. The standard InChI is InChI=1S/C28H32FN5O2/c29-23-16-20(19-10-11-19)12-13-24(23)34(28(36)25-9-5-15-33(25)18-30)26(21-6-4-14-31-17-21)27(35)32-22-7-2-1-3-8-22/h4,6,12-14,16-17,19,22,25-26H,1-3,5,7-11,15H2,(H,32,35). The first-order chi connectivity index (χ1) is 17.6. The van der Waals surface area contributed by atoms with Crippen molar-refractivity contribution in [3.05, 3.63) is 59.7 Å². The molecule has 2 aliphatic carbocycles. The molecule has 36 heavy (non-hydrogen) atoms. The zero-order valence-electron chi connectivity index (χ0n) is 20.4. The Labute approximate surface area is 211 Å². The molecule has 0 spiro atoms. The zero-order valence-corrected chi connectivity index (χ0v) is 20.4. The fourth-order valence-electron chi connectivity index (χ4n) is 5.56. The van der Waals surface area contributed by atoms with Gasteiger partial charge >= 0.3 is 0 Å². The molecule has 188 valence electrons. The second-order valence-corrected chi connectivity index (χ2v) is 10.2. The second kappa shape index (κ2) is 10.7. The third-order valence-corrected chi connectivity index (χ3v) is 7.64. The number of nitrogens with one attached hydrogen (secondary N) is 1. The SMILES string of the molecule is N#CN1CCCC1C(=O)N(c1ccc(C2CC2)cc1F)C(C(=O)NC1CCCCC1)c1cccnc1. The first-order valence-electron chi connectivity index (χ1n) is 13.1. The molecule has 1 aliphatic heterocycles. The van der Waals surface area contributed by atoms with Gasteiger partial charge in [-0.05, 0) is 68.2 Å². The number of hydrogen-bond donors (Lipinski definition) is 1. The Morgan fingerprint density at radius 3 is 2.58 bits per heavy atom. The number of halogens is 1. The van der Waals surface area contributed by atoms with Crippen molar-refractivity contribution < 1.29 is 14.0 Å². The van der Waals surface area contributed by atoms with Crippen LogP contribution in [0.4, 0.5) is 10.1 Å². The van der Waals surface area contributed by atoms with Crippen LogP contribution in [0.5, 0.6) is 0 Å². The van der Waals surface area contributed by atoms with Crippen molar-refractivity contribution >= 4 is 17.5 Å². The maximum absolute atomic E-state index is 15.7. The lowest BCUT2D eigenvalue weighted by molar-refractivity contribution is -0.128. The number of aromatic nitrogens is 1. The van der Waals surface area contributed by atoms with E-state index in [0.717, 1.165) is 50.5 Å². The Bertz CT molecular complexity index is 1140. The van der Waals surface area contributed by atoms with E-state index in [1.54, 1.807) is 30.6 Å². The number of nitrogens with zero attached hydrogens (tertiary/aromatic N) is 4. The van der Waals surface area contributed by atoms with Gasteiger partial charge in [-0.3, -0.25) is 24.4 Å². The van der Waals surface area contributed by atoms with Crippen LogP contribution in [0.25, 0.3) is 0 Å². The van der Waals surface area contributed by atoms with Crippen LogP contribution in [0.15, 0.2) is 42.7 Å². The van der Waals surface area contributed by atoms with Crippen molar-refractivity contribution in [3.8, 4) is 6.19 Å². The zero-order chi connectivity index (χ0) is 25.1. The molecule has 2 aromatic rings. The Kier molecular flexibility index (Phi) is 7.17. The molecule has 3 aliphatic rings. The molecule has 2 saturated carbocycles.